The molecule has 1 N–H and O–H groups in total. The average Bonchev–Trinajstić information content (AvgIpc) is 2.28. The quantitative estimate of drug-likeness (QED) is 0.861. The maximum absolute atomic E-state index is 11.5. The Balaban J connectivity index is 2.54. The number of hydrogen-bond acceptors (Lipinski definition) is 2. The SMILES string of the molecule is CCCNC(=O)[C@H](C)Oc1ccccc1Cl. The lowest BCUT2D eigenvalue weighted by atomic mass is 10.3. The molecule has 0 saturated heterocycles. The van der Waals surface area contributed by atoms with E-state index >= 15 is 0 Å². The molecule has 0 aliphatic rings. The summed E-state index contributed by atoms with van der Waals surface area (Å²) in [6.07, 6.45) is 0.372. The van der Waals surface area contributed by atoms with Gasteiger partial charge in [0, 0.05) is 6.54 Å². The number of hydrogen-bond donors (Lipinski definition) is 1. The van der Waals surface area contributed by atoms with Crippen LogP contribution >= 0.6 is 11.6 Å². The second-order valence-electron chi connectivity index (χ2n) is 3.48. The number of nitrogens with one attached hydrogen (secondary N) is 1. The Morgan fingerprint density at radius 1 is 1.50 bits per heavy atom. The van der Waals surface area contributed by atoms with Crippen LogP contribution in [0.2, 0.25) is 5.02 Å². The largest absolute Gasteiger partial charge is 0.479 e. The zero-order chi connectivity index (χ0) is 12.0. The summed E-state index contributed by atoms with van der Waals surface area (Å²) in [6.45, 7) is 4.36. The van der Waals surface area contributed by atoms with Crippen molar-refractivity contribution in [3.05, 3.63) is 29.3 Å². The van der Waals surface area contributed by atoms with E-state index in [-0.39, 0.29) is 5.91 Å². The van der Waals surface area contributed by atoms with Gasteiger partial charge >= 0.3 is 0 Å². The molecule has 0 spiro atoms. The highest BCUT2D eigenvalue weighted by Gasteiger charge is 2.14. The number of ether oxygens (including phenoxy) is 1. The van der Waals surface area contributed by atoms with Gasteiger partial charge in [-0.2, -0.15) is 0 Å². The van der Waals surface area contributed by atoms with Gasteiger partial charge in [0.05, 0.1) is 5.02 Å². The molecule has 0 bridgehead atoms. The normalized spacial score (nSPS) is 11.9. The smallest absolute Gasteiger partial charge is 0.260 e. The van der Waals surface area contributed by atoms with Crippen molar-refractivity contribution < 1.29 is 9.53 Å². The van der Waals surface area contributed by atoms with E-state index in [4.69, 9.17) is 16.3 Å². The predicted molar refractivity (Wildman–Crippen MR) is 64.8 cm³/mol. The molecule has 0 unspecified atom stereocenters. The lowest BCUT2D eigenvalue weighted by molar-refractivity contribution is -0.127. The lowest BCUT2D eigenvalue weighted by Gasteiger charge is -2.15. The van der Waals surface area contributed by atoms with Gasteiger partial charge in [0.25, 0.3) is 5.91 Å². The van der Waals surface area contributed by atoms with Gasteiger partial charge in [0.2, 0.25) is 0 Å². The molecule has 0 aromatic heterocycles. The maximum atomic E-state index is 11.5. The van der Waals surface area contributed by atoms with Crippen molar-refractivity contribution >= 4 is 17.5 Å². The van der Waals surface area contributed by atoms with Crippen LogP contribution in [0.5, 0.6) is 5.75 Å². The molecule has 1 rings (SSSR count). The van der Waals surface area contributed by atoms with Crippen molar-refractivity contribution in [2.24, 2.45) is 0 Å². The van der Waals surface area contributed by atoms with Crippen LogP contribution in [0.15, 0.2) is 24.3 Å². The topological polar surface area (TPSA) is 38.3 Å². The zero-order valence-electron chi connectivity index (χ0n) is 9.50. The molecule has 4 heteroatoms. The number of halogens is 1. The van der Waals surface area contributed by atoms with E-state index in [0.717, 1.165) is 6.42 Å². The summed E-state index contributed by atoms with van der Waals surface area (Å²) in [6, 6.07) is 7.11. The van der Waals surface area contributed by atoms with Crippen molar-refractivity contribution in [2.45, 2.75) is 26.4 Å². The minimum Gasteiger partial charge on any atom is -0.479 e. The Morgan fingerprint density at radius 3 is 2.81 bits per heavy atom. The fourth-order valence-electron chi connectivity index (χ4n) is 1.18. The van der Waals surface area contributed by atoms with Crippen LogP contribution in [0.1, 0.15) is 20.3 Å². The van der Waals surface area contributed by atoms with Crippen LogP contribution in [-0.4, -0.2) is 18.6 Å². The molecule has 1 aromatic carbocycles. The molecular formula is C12H16ClNO2. The minimum atomic E-state index is -0.536. The first-order valence-corrected chi connectivity index (χ1v) is 5.71. The number of amides is 1. The van der Waals surface area contributed by atoms with Crippen LogP contribution in [0.25, 0.3) is 0 Å². The van der Waals surface area contributed by atoms with Gasteiger partial charge < -0.3 is 10.1 Å². The van der Waals surface area contributed by atoms with Crippen molar-refractivity contribution in [1.82, 2.24) is 5.32 Å². The highest BCUT2D eigenvalue weighted by molar-refractivity contribution is 6.32. The van der Waals surface area contributed by atoms with E-state index in [1.807, 2.05) is 19.1 Å². The fraction of sp³-hybridized carbons (Fsp3) is 0.417. The van der Waals surface area contributed by atoms with Gasteiger partial charge in [-0.3, -0.25) is 4.79 Å². The zero-order valence-corrected chi connectivity index (χ0v) is 10.3. The van der Waals surface area contributed by atoms with Crippen LogP contribution in [0.4, 0.5) is 0 Å². The number of carbonyl (C=O) groups excluding carboxylic acids is 1. The van der Waals surface area contributed by atoms with Crippen molar-refractivity contribution in [2.75, 3.05) is 6.54 Å². The third-order valence-corrected chi connectivity index (χ3v) is 2.37. The second kappa shape index (κ2) is 6.38. The number of para-hydroxylation sites is 1. The Hall–Kier alpha value is -1.22. The molecule has 1 amide bonds. The minimum absolute atomic E-state index is 0.123. The van der Waals surface area contributed by atoms with E-state index in [2.05, 4.69) is 5.32 Å². The molecule has 0 aliphatic heterocycles. The molecule has 0 saturated carbocycles. The monoisotopic (exact) mass is 241 g/mol. The van der Waals surface area contributed by atoms with E-state index in [1.165, 1.54) is 0 Å². The van der Waals surface area contributed by atoms with Crippen LogP contribution in [-0.2, 0) is 4.79 Å². The average molecular weight is 242 g/mol. The molecular weight excluding hydrogens is 226 g/mol. The third kappa shape index (κ3) is 3.74. The van der Waals surface area contributed by atoms with Crippen LogP contribution in [0.3, 0.4) is 0 Å². The first kappa shape index (κ1) is 12.8. The Labute approximate surface area is 101 Å². The predicted octanol–water partition coefficient (Wildman–Crippen LogP) is 2.63. The maximum Gasteiger partial charge on any atom is 0.260 e. The van der Waals surface area contributed by atoms with Gasteiger partial charge in [-0.15, -0.1) is 0 Å². The van der Waals surface area contributed by atoms with Crippen molar-refractivity contribution in [3.63, 3.8) is 0 Å². The van der Waals surface area contributed by atoms with Crippen LogP contribution < -0.4 is 10.1 Å². The van der Waals surface area contributed by atoms with Gasteiger partial charge in [0.1, 0.15) is 5.75 Å². The van der Waals surface area contributed by atoms with Crippen molar-refractivity contribution in [1.29, 1.82) is 0 Å². The molecule has 16 heavy (non-hydrogen) atoms. The highest BCUT2D eigenvalue weighted by Crippen LogP contribution is 2.24. The summed E-state index contributed by atoms with van der Waals surface area (Å²) in [5.41, 5.74) is 0. The molecule has 1 aromatic rings. The summed E-state index contributed by atoms with van der Waals surface area (Å²) in [5, 5.41) is 3.28. The highest BCUT2D eigenvalue weighted by atomic mass is 35.5. The van der Waals surface area contributed by atoms with E-state index < -0.39 is 6.10 Å². The van der Waals surface area contributed by atoms with Gasteiger partial charge in [-0.25, -0.2) is 0 Å². The number of benzene rings is 1. The van der Waals surface area contributed by atoms with E-state index in [0.29, 0.717) is 17.3 Å². The van der Waals surface area contributed by atoms with Gasteiger partial charge in [0.15, 0.2) is 6.10 Å². The van der Waals surface area contributed by atoms with Crippen molar-refractivity contribution in [3.8, 4) is 5.75 Å². The Morgan fingerprint density at radius 2 is 2.19 bits per heavy atom. The summed E-state index contributed by atoms with van der Waals surface area (Å²) < 4.78 is 5.46. The molecule has 0 heterocycles. The number of carbonyl (C=O) groups is 1. The first-order chi connectivity index (χ1) is 7.65. The third-order valence-electron chi connectivity index (χ3n) is 2.06. The lowest BCUT2D eigenvalue weighted by Crippen LogP contribution is -2.36. The summed E-state index contributed by atoms with van der Waals surface area (Å²) in [7, 11) is 0. The van der Waals surface area contributed by atoms with Gasteiger partial charge in [-0.05, 0) is 25.5 Å². The Kier molecular flexibility index (Phi) is 5.12. The summed E-state index contributed by atoms with van der Waals surface area (Å²) in [4.78, 5) is 11.5. The molecule has 1 atom stereocenters. The van der Waals surface area contributed by atoms with Crippen LogP contribution in [0, 0.1) is 0 Å². The fourth-order valence-corrected chi connectivity index (χ4v) is 1.36. The van der Waals surface area contributed by atoms with Gasteiger partial charge in [-0.1, -0.05) is 30.7 Å². The molecule has 3 nitrogen and oxygen atoms in total. The number of rotatable bonds is 5. The van der Waals surface area contributed by atoms with E-state index in [9.17, 15) is 4.79 Å². The standard InChI is InChI=1S/C12H16ClNO2/c1-3-8-14-12(15)9(2)16-11-7-5-4-6-10(11)13/h4-7,9H,3,8H2,1-2H3,(H,14,15)/t9-/m0/s1. The van der Waals surface area contributed by atoms with E-state index in [1.54, 1.807) is 19.1 Å². The molecule has 0 fully saturated rings. The molecule has 88 valence electrons. The molecule has 0 aliphatic carbocycles. The first-order valence-electron chi connectivity index (χ1n) is 5.34. The Bertz CT molecular complexity index is 355. The molecule has 0 radical (unpaired) electrons. The summed E-state index contributed by atoms with van der Waals surface area (Å²) in [5.74, 6) is 0.407. The second-order valence-corrected chi connectivity index (χ2v) is 3.89. The summed E-state index contributed by atoms with van der Waals surface area (Å²) >= 11 is 5.92.